The number of hydrogen-bond donors (Lipinski definition) is 1. The summed E-state index contributed by atoms with van der Waals surface area (Å²) < 4.78 is 0. The highest BCUT2D eigenvalue weighted by atomic mass is 16.1. The minimum Gasteiger partial charge on any atom is -0.321 e. The van der Waals surface area contributed by atoms with Crippen LogP contribution in [0.4, 0.5) is 5.69 Å². The molecule has 1 aromatic heterocycles. The van der Waals surface area contributed by atoms with Crippen LogP contribution in [0, 0.1) is 0 Å². The highest BCUT2D eigenvalue weighted by molar-refractivity contribution is 6.00. The number of aliphatic imine (C=N–C) groups is 1. The fraction of sp³-hybridized carbons (Fsp3) is 0. The summed E-state index contributed by atoms with van der Waals surface area (Å²) in [6.07, 6.45) is 1.80. The van der Waals surface area contributed by atoms with Crippen molar-refractivity contribution < 1.29 is 0 Å². The molecule has 0 atom stereocenters. The van der Waals surface area contributed by atoms with Crippen molar-refractivity contribution in [3.63, 3.8) is 0 Å². The average Bonchev–Trinajstić information content (AvgIpc) is 2.67. The summed E-state index contributed by atoms with van der Waals surface area (Å²) in [6.45, 7) is 0. The first-order valence-corrected chi connectivity index (χ1v) is 8.12. The molecule has 120 valence electrons. The Kier molecular flexibility index (Phi) is 3.97. The van der Waals surface area contributed by atoms with E-state index in [9.17, 15) is 4.79 Å². The molecule has 0 spiro atoms. The van der Waals surface area contributed by atoms with Crippen LogP contribution < -0.4 is 5.56 Å². The SMILES string of the molecule is O=c1[nH]c2ccccc2c(N=Cc2ccccc2)c1-c1ccccc1. The Morgan fingerprint density at radius 2 is 1.40 bits per heavy atom. The van der Waals surface area contributed by atoms with Gasteiger partial charge < -0.3 is 4.98 Å². The average molecular weight is 324 g/mol. The molecule has 4 aromatic rings. The first-order chi connectivity index (χ1) is 12.3. The fourth-order valence-corrected chi connectivity index (χ4v) is 2.91. The Labute approximate surface area is 145 Å². The van der Waals surface area contributed by atoms with Gasteiger partial charge in [0.25, 0.3) is 5.56 Å². The van der Waals surface area contributed by atoms with Gasteiger partial charge in [0.2, 0.25) is 0 Å². The summed E-state index contributed by atoms with van der Waals surface area (Å²) in [7, 11) is 0. The van der Waals surface area contributed by atoms with Gasteiger partial charge in [0.15, 0.2) is 0 Å². The van der Waals surface area contributed by atoms with Crippen molar-refractivity contribution in [3.8, 4) is 11.1 Å². The van der Waals surface area contributed by atoms with Crippen molar-refractivity contribution in [1.29, 1.82) is 0 Å². The molecule has 3 aromatic carbocycles. The first-order valence-electron chi connectivity index (χ1n) is 8.12. The number of pyridine rings is 1. The Morgan fingerprint density at radius 3 is 2.16 bits per heavy atom. The molecule has 0 amide bonds. The van der Waals surface area contributed by atoms with Crippen molar-refractivity contribution in [2.24, 2.45) is 4.99 Å². The quantitative estimate of drug-likeness (QED) is 0.533. The number of H-pyrrole nitrogens is 1. The standard InChI is InChI=1S/C22H16N2O/c25-22-20(17-11-5-2-6-12-17)21(18-13-7-8-14-19(18)24-22)23-15-16-9-3-1-4-10-16/h1-15H,(H,24,25). The van der Waals surface area contributed by atoms with E-state index >= 15 is 0 Å². The zero-order valence-corrected chi connectivity index (χ0v) is 13.5. The van der Waals surface area contributed by atoms with Crippen LogP contribution in [0.15, 0.2) is 94.7 Å². The normalized spacial score (nSPS) is 11.2. The molecule has 3 nitrogen and oxygen atoms in total. The van der Waals surface area contributed by atoms with E-state index in [1.807, 2.05) is 84.9 Å². The minimum absolute atomic E-state index is 0.134. The molecule has 0 saturated heterocycles. The predicted octanol–water partition coefficient (Wildman–Crippen LogP) is 4.95. The van der Waals surface area contributed by atoms with Crippen LogP contribution in [-0.4, -0.2) is 11.2 Å². The summed E-state index contributed by atoms with van der Waals surface area (Å²) in [6, 6.07) is 27.3. The molecule has 0 fully saturated rings. The Morgan fingerprint density at radius 1 is 0.760 bits per heavy atom. The molecular weight excluding hydrogens is 308 g/mol. The molecule has 0 unspecified atom stereocenters. The van der Waals surface area contributed by atoms with E-state index in [-0.39, 0.29) is 5.56 Å². The highest BCUT2D eigenvalue weighted by Gasteiger charge is 2.13. The van der Waals surface area contributed by atoms with E-state index in [0.29, 0.717) is 11.3 Å². The number of para-hydroxylation sites is 1. The van der Waals surface area contributed by atoms with Gasteiger partial charge in [0, 0.05) is 11.6 Å². The maximum atomic E-state index is 12.7. The third kappa shape index (κ3) is 3.00. The van der Waals surface area contributed by atoms with Crippen LogP contribution in [-0.2, 0) is 0 Å². The van der Waals surface area contributed by atoms with E-state index in [1.165, 1.54) is 0 Å². The lowest BCUT2D eigenvalue weighted by molar-refractivity contribution is 1.30. The van der Waals surface area contributed by atoms with Gasteiger partial charge in [-0.15, -0.1) is 0 Å². The Bertz CT molecular complexity index is 1100. The second kappa shape index (κ2) is 6.57. The maximum absolute atomic E-state index is 12.7. The second-order valence-corrected chi connectivity index (χ2v) is 5.76. The number of nitrogens with one attached hydrogen (secondary N) is 1. The number of benzene rings is 3. The number of nitrogens with zero attached hydrogens (tertiary/aromatic N) is 1. The summed E-state index contributed by atoms with van der Waals surface area (Å²) in [4.78, 5) is 20.4. The fourth-order valence-electron chi connectivity index (χ4n) is 2.91. The molecule has 4 rings (SSSR count). The predicted molar refractivity (Wildman–Crippen MR) is 104 cm³/mol. The summed E-state index contributed by atoms with van der Waals surface area (Å²) in [5.41, 5.74) is 3.78. The molecule has 0 saturated carbocycles. The van der Waals surface area contributed by atoms with Gasteiger partial charge in [0.1, 0.15) is 0 Å². The Balaban J connectivity index is 1.99. The van der Waals surface area contributed by atoms with Gasteiger partial charge in [-0.3, -0.25) is 9.79 Å². The minimum atomic E-state index is -0.134. The van der Waals surface area contributed by atoms with Gasteiger partial charge in [-0.25, -0.2) is 0 Å². The molecule has 0 aliphatic rings. The summed E-state index contributed by atoms with van der Waals surface area (Å²) in [5.74, 6) is 0. The third-order valence-corrected chi connectivity index (χ3v) is 4.10. The molecule has 0 aliphatic carbocycles. The van der Waals surface area contributed by atoms with E-state index in [0.717, 1.165) is 22.0 Å². The smallest absolute Gasteiger partial charge is 0.258 e. The Hall–Kier alpha value is -3.46. The van der Waals surface area contributed by atoms with Crippen LogP contribution in [0.25, 0.3) is 22.0 Å². The van der Waals surface area contributed by atoms with Crippen LogP contribution in [0.5, 0.6) is 0 Å². The molecule has 0 aliphatic heterocycles. The zero-order chi connectivity index (χ0) is 17.1. The second-order valence-electron chi connectivity index (χ2n) is 5.76. The van der Waals surface area contributed by atoms with Crippen LogP contribution in [0.3, 0.4) is 0 Å². The van der Waals surface area contributed by atoms with Crippen molar-refractivity contribution in [2.45, 2.75) is 0 Å². The van der Waals surface area contributed by atoms with E-state index in [1.54, 1.807) is 6.21 Å². The summed E-state index contributed by atoms with van der Waals surface area (Å²) in [5, 5.41) is 0.924. The monoisotopic (exact) mass is 324 g/mol. The molecule has 0 radical (unpaired) electrons. The van der Waals surface area contributed by atoms with Gasteiger partial charge in [-0.1, -0.05) is 78.9 Å². The molecule has 0 bridgehead atoms. The van der Waals surface area contributed by atoms with Crippen LogP contribution in [0.2, 0.25) is 0 Å². The topological polar surface area (TPSA) is 45.2 Å². The number of aromatic nitrogens is 1. The lowest BCUT2D eigenvalue weighted by Crippen LogP contribution is -2.09. The van der Waals surface area contributed by atoms with Crippen LogP contribution >= 0.6 is 0 Å². The van der Waals surface area contributed by atoms with E-state index in [2.05, 4.69) is 4.98 Å². The first kappa shape index (κ1) is 15.1. The molecular formula is C22H16N2O. The van der Waals surface area contributed by atoms with Gasteiger partial charge in [0.05, 0.1) is 16.8 Å². The molecule has 1 heterocycles. The van der Waals surface area contributed by atoms with E-state index < -0.39 is 0 Å². The van der Waals surface area contributed by atoms with Gasteiger partial charge in [-0.05, 0) is 17.2 Å². The summed E-state index contributed by atoms with van der Waals surface area (Å²) >= 11 is 0. The maximum Gasteiger partial charge on any atom is 0.258 e. The number of fused-ring (bicyclic) bond motifs is 1. The lowest BCUT2D eigenvalue weighted by atomic mass is 10.0. The lowest BCUT2D eigenvalue weighted by Gasteiger charge is -2.09. The highest BCUT2D eigenvalue weighted by Crippen LogP contribution is 2.33. The third-order valence-electron chi connectivity index (χ3n) is 4.10. The van der Waals surface area contributed by atoms with Crippen molar-refractivity contribution in [2.75, 3.05) is 0 Å². The molecule has 1 N–H and O–H groups in total. The largest absolute Gasteiger partial charge is 0.321 e. The van der Waals surface area contributed by atoms with Crippen LogP contribution in [0.1, 0.15) is 5.56 Å². The van der Waals surface area contributed by atoms with E-state index in [4.69, 9.17) is 4.99 Å². The molecule has 3 heteroatoms. The number of hydrogen-bond acceptors (Lipinski definition) is 2. The van der Waals surface area contributed by atoms with Crippen molar-refractivity contribution >= 4 is 22.8 Å². The van der Waals surface area contributed by atoms with Crippen molar-refractivity contribution in [1.82, 2.24) is 4.98 Å². The zero-order valence-electron chi connectivity index (χ0n) is 13.5. The van der Waals surface area contributed by atoms with Crippen molar-refractivity contribution in [3.05, 3.63) is 101 Å². The van der Waals surface area contributed by atoms with Gasteiger partial charge >= 0.3 is 0 Å². The molecule has 25 heavy (non-hydrogen) atoms. The number of rotatable bonds is 3. The number of aromatic amines is 1. The van der Waals surface area contributed by atoms with Gasteiger partial charge in [-0.2, -0.15) is 0 Å².